The summed E-state index contributed by atoms with van der Waals surface area (Å²) in [6, 6.07) is 15.3. The van der Waals surface area contributed by atoms with Gasteiger partial charge in [-0.05, 0) is 35.3 Å². The minimum atomic E-state index is 0.140. The highest BCUT2D eigenvalue weighted by atomic mass is 16.2. The van der Waals surface area contributed by atoms with Gasteiger partial charge in [-0.2, -0.15) is 0 Å². The number of amides is 1. The molecule has 26 heavy (non-hydrogen) atoms. The van der Waals surface area contributed by atoms with Crippen LogP contribution in [0.4, 0.5) is 0 Å². The first kappa shape index (κ1) is 17.3. The number of hydrogen-bond acceptors (Lipinski definition) is 2. The van der Waals surface area contributed by atoms with Crippen LogP contribution in [0.1, 0.15) is 37.7 Å². The lowest BCUT2D eigenvalue weighted by atomic mass is 9.94. The molecular weight excluding hydrogens is 320 g/mol. The third-order valence-electron chi connectivity index (χ3n) is 5.95. The average molecular weight is 348 g/mol. The van der Waals surface area contributed by atoms with Crippen LogP contribution in [-0.4, -0.2) is 47.9 Å². The number of carbonyl (C=O) groups is 1. The summed E-state index contributed by atoms with van der Waals surface area (Å²) >= 11 is 0. The van der Waals surface area contributed by atoms with Gasteiger partial charge < -0.3 is 4.90 Å². The molecule has 2 aromatic rings. The molecule has 0 aromatic heterocycles. The van der Waals surface area contributed by atoms with E-state index in [1.54, 1.807) is 6.08 Å². The van der Waals surface area contributed by atoms with E-state index in [1.165, 1.54) is 42.9 Å². The molecule has 0 bridgehead atoms. The Morgan fingerprint density at radius 3 is 2.42 bits per heavy atom. The first-order valence-corrected chi connectivity index (χ1v) is 10.00. The van der Waals surface area contributed by atoms with Gasteiger partial charge in [0.15, 0.2) is 0 Å². The number of fused-ring (bicyclic) bond motifs is 1. The predicted molar refractivity (Wildman–Crippen MR) is 108 cm³/mol. The van der Waals surface area contributed by atoms with E-state index in [4.69, 9.17) is 0 Å². The normalized spacial score (nSPS) is 20.1. The Bertz CT molecular complexity index is 778. The Kier molecular flexibility index (Phi) is 5.35. The van der Waals surface area contributed by atoms with Gasteiger partial charge in [-0.3, -0.25) is 9.69 Å². The monoisotopic (exact) mass is 348 g/mol. The summed E-state index contributed by atoms with van der Waals surface area (Å²) in [6.45, 7) is 3.77. The van der Waals surface area contributed by atoms with Crippen LogP contribution in [0, 0.1) is 0 Å². The fourth-order valence-corrected chi connectivity index (χ4v) is 4.42. The minimum Gasteiger partial charge on any atom is -0.337 e. The molecule has 1 aliphatic carbocycles. The summed E-state index contributed by atoms with van der Waals surface area (Å²) < 4.78 is 0. The molecule has 1 amide bonds. The van der Waals surface area contributed by atoms with Crippen molar-refractivity contribution >= 4 is 22.8 Å². The first-order valence-electron chi connectivity index (χ1n) is 10.00. The topological polar surface area (TPSA) is 23.6 Å². The van der Waals surface area contributed by atoms with Crippen molar-refractivity contribution in [1.29, 1.82) is 0 Å². The summed E-state index contributed by atoms with van der Waals surface area (Å²) in [5, 5.41) is 2.41. The van der Waals surface area contributed by atoms with Gasteiger partial charge in [0, 0.05) is 38.3 Å². The molecule has 0 atom stereocenters. The fourth-order valence-electron chi connectivity index (χ4n) is 4.42. The number of piperazine rings is 1. The number of nitrogens with zero attached hydrogens (tertiary/aromatic N) is 2. The van der Waals surface area contributed by atoms with Gasteiger partial charge in [0.25, 0.3) is 0 Å². The molecule has 1 heterocycles. The fraction of sp³-hybridized carbons (Fsp3) is 0.435. The van der Waals surface area contributed by atoms with Crippen molar-refractivity contribution < 1.29 is 4.79 Å². The highest BCUT2D eigenvalue weighted by Crippen LogP contribution is 2.24. The van der Waals surface area contributed by atoms with E-state index in [-0.39, 0.29) is 5.91 Å². The third-order valence-corrected chi connectivity index (χ3v) is 5.95. The number of hydrogen-bond donors (Lipinski definition) is 0. The summed E-state index contributed by atoms with van der Waals surface area (Å²) in [5.74, 6) is 0.140. The quantitative estimate of drug-likeness (QED) is 0.771. The molecule has 0 unspecified atom stereocenters. The van der Waals surface area contributed by atoms with Crippen LogP contribution in [0.15, 0.2) is 48.5 Å². The zero-order chi connectivity index (χ0) is 17.8. The van der Waals surface area contributed by atoms with Crippen LogP contribution in [0.3, 0.4) is 0 Å². The third kappa shape index (κ3) is 3.83. The van der Waals surface area contributed by atoms with Crippen molar-refractivity contribution in [3.05, 3.63) is 54.1 Å². The van der Waals surface area contributed by atoms with E-state index >= 15 is 0 Å². The summed E-state index contributed by atoms with van der Waals surface area (Å²) in [5.41, 5.74) is 1.11. The second kappa shape index (κ2) is 8.05. The minimum absolute atomic E-state index is 0.140. The lowest BCUT2D eigenvalue weighted by Gasteiger charge is -2.40. The van der Waals surface area contributed by atoms with Crippen LogP contribution in [0.5, 0.6) is 0 Å². The standard InChI is InChI=1S/C23H28N2O/c26-23(14-13-20-9-6-8-19-7-4-5-12-22(19)20)25-17-15-24(16-18-25)21-10-2-1-3-11-21/h4-9,12-14,21H,1-3,10-11,15-18H2/b14-13+. The van der Waals surface area contributed by atoms with Crippen LogP contribution < -0.4 is 0 Å². The lowest BCUT2D eigenvalue weighted by Crippen LogP contribution is -2.52. The second-order valence-corrected chi connectivity index (χ2v) is 7.55. The molecule has 0 radical (unpaired) electrons. The van der Waals surface area contributed by atoms with Gasteiger partial charge in [-0.1, -0.05) is 61.7 Å². The first-order chi connectivity index (χ1) is 12.8. The Labute approximate surface area is 156 Å². The maximum Gasteiger partial charge on any atom is 0.246 e. The molecule has 2 fully saturated rings. The van der Waals surface area contributed by atoms with Crippen molar-refractivity contribution in [1.82, 2.24) is 9.80 Å². The van der Waals surface area contributed by atoms with Gasteiger partial charge in [0.05, 0.1) is 0 Å². The molecule has 4 rings (SSSR count). The van der Waals surface area contributed by atoms with Crippen molar-refractivity contribution in [3.63, 3.8) is 0 Å². The van der Waals surface area contributed by atoms with E-state index in [0.29, 0.717) is 0 Å². The lowest BCUT2D eigenvalue weighted by molar-refractivity contribution is -0.128. The van der Waals surface area contributed by atoms with E-state index < -0.39 is 0 Å². The van der Waals surface area contributed by atoms with Gasteiger partial charge in [-0.15, -0.1) is 0 Å². The van der Waals surface area contributed by atoms with Gasteiger partial charge in [0.2, 0.25) is 5.91 Å². The molecule has 136 valence electrons. The highest BCUT2D eigenvalue weighted by molar-refractivity contribution is 5.96. The predicted octanol–water partition coefficient (Wildman–Crippen LogP) is 4.33. The molecule has 2 aliphatic rings. The van der Waals surface area contributed by atoms with Crippen molar-refractivity contribution in [2.24, 2.45) is 0 Å². The smallest absolute Gasteiger partial charge is 0.246 e. The van der Waals surface area contributed by atoms with Gasteiger partial charge in [0.1, 0.15) is 0 Å². The Hall–Kier alpha value is -2.13. The maximum absolute atomic E-state index is 12.6. The summed E-state index contributed by atoms with van der Waals surface area (Å²) in [6.07, 6.45) is 10.5. The molecule has 2 aromatic carbocycles. The van der Waals surface area contributed by atoms with Crippen LogP contribution in [0.25, 0.3) is 16.8 Å². The number of carbonyl (C=O) groups excluding carboxylic acids is 1. The average Bonchev–Trinajstić information content (AvgIpc) is 2.73. The summed E-state index contributed by atoms with van der Waals surface area (Å²) in [4.78, 5) is 17.2. The molecule has 1 aliphatic heterocycles. The molecule has 1 saturated heterocycles. The molecule has 3 heteroatoms. The highest BCUT2D eigenvalue weighted by Gasteiger charge is 2.26. The zero-order valence-corrected chi connectivity index (χ0v) is 15.4. The van der Waals surface area contributed by atoms with Crippen LogP contribution in [-0.2, 0) is 4.79 Å². The van der Waals surface area contributed by atoms with Crippen LogP contribution in [0.2, 0.25) is 0 Å². The summed E-state index contributed by atoms with van der Waals surface area (Å²) in [7, 11) is 0. The maximum atomic E-state index is 12.6. The molecule has 0 N–H and O–H groups in total. The largest absolute Gasteiger partial charge is 0.337 e. The van der Waals surface area contributed by atoms with E-state index in [0.717, 1.165) is 37.8 Å². The van der Waals surface area contributed by atoms with Crippen molar-refractivity contribution in [2.75, 3.05) is 26.2 Å². The molecule has 1 saturated carbocycles. The van der Waals surface area contributed by atoms with E-state index in [9.17, 15) is 4.79 Å². The van der Waals surface area contributed by atoms with Crippen molar-refractivity contribution in [2.45, 2.75) is 38.1 Å². The zero-order valence-electron chi connectivity index (χ0n) is 15.4. The van der Waals surface area contributed by atoms with E-state index in [1.807, 2.05) is 23.1 Å². The Morgan fingerprint density at radius 1 is 0.885 bits per heavy atom. The number of rotatable bonds is 3. The Balaban J connectivity index is 1.37. The van der Waals surface area contributed by atoms with Gasteiger partial charge >= 0.3 is 0 Å². The molecule has 0 spiro atoms. The second-order valence-electron chi connectivity index (χ2n) is 7.55. The van der Waals surface area contributed by atoms with Crippen molar-refractivity contribution in [3.8, 4) is 0 Å². The van der Waals surface area contributed by atoms with Gasteiger partial charge in [-0.25, -0.2) is 0 Å². The number of benzene rings is 2. The molecular formula is C23H28N2O. The van der Waals surface area contributed by atoms with E-state index in [2.05, 4.69) is 35.2 Å². The Morgan fingerprint density at radius 2 is 1.62 bits per heavy atom. The van der Waals surface area contributed by atoms with Crippen LogP contribution >= 0.6 is 0 Å². The SMILES string of the molecule is O=C(/C=C/c1cccc2ccccc12)N1CCN(C2CCCCC2)CC1. The molecule has 3 nitrogen and oxygen atoms in total.